The van der Waals surface area contributed by atoms with Gasteiger partial charge in [-0.15, -0.1) is 0 Å². The summed E-state index contributed by atoms with van der Waals surface area (Å²) < 4.78 is 10.9. The summed E-state index contributed by atoms with van der Waals surface area (Å²) in [5.41, 5.74) is 12.2. The van der Waals surface area contributed by atoms with Crippen LogP contribution < -0.4 is 15.2 Å². The van der Waals surface area contributed by atoms with E-state index in [0.29, 0.717) is 13.2 Å². The fourth-order valence-corrected chi connectivity index (χ4v) is 6.61. The minimum absolute atomic E-state index is 0.0208. The normalized spacial score (nSPS) is 11.9. The maximum atomic E-state index is 10.0. The quantitative estimate of drug-likeness (QED) is 0.0574. The number of carbonyl (C=O) groups is 1. The van der Waals surface area contributed by atoms with Gasteiger partial charge in [0, 0.05) is 10.1 Å². The molecule has 322 valence electrons. The van der Waals surface area contributed by atoms with Crippen LogP contribution in [0, 0.1) is 5.92 Å². The van der Waals surface area contributed by atoms with Crippen LogP contribution in [0.1, 0.15) is 146 Å². The van der Waals surface area contributed by atoms with Crippen molar-refractivity contribution in [1.82, 2.24) is 0 Å². The van der Waals surface area contributed by atoms with Crippen LogP contribution in [0.3, 0.4) is 0 Å². The Hall–Kier alpha value is -4.03. The molecule has 0 heterocycles. The van der Waals surface area contributed by atoms with Gasteiger partial charge in [0.15, 0.2) is 0 Å². The van der Waals surface area contributed by atoms with Gasteiger partial charge >= 0.3 is 5.97 Å². The molecule has 0 spiro atoms. The number of benzene rings is 4. The second kappa shape index (κ2) is 30.9. The highest BCUT2D eigenvalue weighted by atomic mass is 35.5. The first-order chi connectivity index (χ1) is 28.5. The molecule has 1 atom stereocenters. The molecular formula is C52H71Cl2NO4. The third-order valence-electron chi connectivity index (χ3n) is 9.82. The number of ether oxygens (including phenoxy) is 2. The Kier molecular flexibility index (Phi) is 26.8. The standard InChI is InChI=1S/C24H31ClO.C23H29ClO.C5H11NO2/c1-3-5-6-7-8-9-10-20-11-15-22(16-12-20)24(25)19-21-13-17-23(18-14-21)26-4-2;1-3-5-6-7-8-9-19-10-14-21(15-11-19)23(24)18-20-12-16-22(17-13-20)25-4-2;1-3(2)4(6)5(7)8/h11-19H,3-10H2,1-2H3;10-18H,3-9H2,1-2H3;3-4H,6H2,1-2H3,(H,7,8)/b24-19-;23-18-;/t;;4-/m..0/s1. The Balaban J connectivity index is 0.000000344. The van der Waals surface area contributed by atoms with E-state index < -0.39 is 12.0 Å². The largest absolute Gasteiger partial charge is 0.494 e. The number of unbranched alkanes of at least 4 members (excludes halogenated alkanes) is 9. The Bertz CT molecular complexity index is 1750. The van der Waals surface area contributed by atoms with Crippen LogP contribution in [0.2, 0.25) is 0 Å². The predicted molar refractivity (Wildman–Crippen MR) is 256 cm³/mol. The Morgan fingerprint density at radius 2 is 0.898 bits per heavy atom. The fraction of sp³-hybridized carbons (Fsp3) is 0.442. The number of carboxylic acid groups (broad SMARTS) is 1. The van der Waals surface area contributed by atoms with Crippen LogP contribution in [0.25, 0.3) is 22.2 Å². The van der Waals surface area contributed by atoms with E-state index in [1.165, 1.54) is 81.8 Å². The maximum Gasteiger partial charge on any atom is 0.320 e. The van der Waals surface area contributed by atoms with Gasteiger partial charge in [0.2, 0.25) is 0 Å². The minimum Gasteiger partial charge on any atom is -0.494 e. The summed E-state index contributed by atoms with van der Waals surface area (Å²) in [6.45, 7) is 13.4. The van der Waals surface area contributed by atoms with Gasteiger partial charge in [0.1, 0.15) is 17.5 Å². The molecule has 7 heteroatoms. The zero-order valence-electron chi connectivity index (χ0n) is 36.7. The van der Waals surface area contributed by atoms with Crippen molar-refractivity contribution in [3.63, 3.8) is 0 Å². The number of aliphatic carboxylic acids is 1. The minimum atomic E-state index is -0.931. The lowest BCUT2D eigenvalue weighted by Crippen LogP contribution is -2.34. The van der Waals surface area contributed by atoms with E-state index in [-0.39, 0.29) is 5.92 Å². The Morgan fingerprint density at radius 3 is 1.19 bits per heavy atom. The van der Waals surface area contributed by atoms with Crippen molar-refractivity contribution in [3.8, 4) is 11.5 Å². The lowest BCUT2D eigenvalue weighted by molar-refractivity contribution is -0.139. The van der Waals surface area contributed by atoms with Gasteiger partial charge in [-0.25, -0.2) is 0 Å². The molecule has 0 bridgehead atoms. The smallest absolute Gasteiger partial charge is 0.320 e. The summed E-state index contributed by atoms with van der Waals surface area (Å²) in [4.78, 5) is 10.0. The number of nitrogens with two attached hydrogens (primary N) is 1. The molecule has 4 aromatic rings. The van der Waals surface area contributed by atoms with Crippen molar-refractivity contribution in [3.05, 3.63) is 130 Å². The molecule has 4 aromatic carbocycles. The van der Waals surface area contributed by atoms with E-state index in [2.05, 4.69) is 62.4 Å². The predicted octanol–water partition coefficient (Wildman–Crippen LogP) is 15.1. The summed E-state index contributed by atoms with van der Waals surface area (Å²) in [5.74, 6) is 0.867. The molecule has 0 unspecified atom stereocenters. The van der Waals surface area contributed by atoms with Crippen LogP contribution in [0.5, 0.6) is 11.5 Å². The van der Waals surface area contributed by atoms with Gasteiger partial charge in [-0.1, -0.05) is 181 Å². The van der Waals surface area contributed by atoms with Gasteiger partial charge < -0.3 is 20.3 Å². The molecular weight excluding hydrogens is 773 g/mol. The molecule has 0 aromatic heterocycles. The van der Waals surface area contributed by atoms with Crippen LogP contribution in [0.4, 0.5) is 0 Å². The number of aryl methyl sites for hydroxylation is 2. The third kappa shape index (κ3) is 22.2. The average Bonchev–Trinajstić information content (AvgIpc) is 3.24. The molecule has 4 rings (SSSR count). The number of hydrogen-bond acceptors (Lipinski definition) is 4. The monoisotopic (exact) mass is 843 g/mol. The molecule has 0 saturated carbocycles. The van der Waals surface area contributed by atoms with Crippen molar-refractivity contribution in [2.24, 2.45) is 11.7 Å². The lowest BCUT2D eigenvalue weighted by atomic mass is 10.0. The highest BCUT2D eigenvalue weighted by molar-refractivity contribution is 6.51. The van der Waals surface area contributed by atoms with Crippen LogP contribution >= 0.6 is 23.2 Å². The third-order valence-corrected chi connectivity index (χ3v) is 10.5. The summed E-state index contributed by atoms with van der Waals surface area (Å²) in [7, 11) is 0. The highest BCUT2D eigenvalue weighted by Gasteiger charge is 2.14. The van der Waals surface area contributed by atoms with Crippen LogP contribution in [0.15, 0.2) is 97.1 Å². The van der Waals surface area contributed by atoms with Crippen LogP contribution in [-0.2, 0) is 17.6 Å². The molecule has 59 heavy (non-hydrogen) atoms. The summed E-state index contributed by atoms with van der Waals surface area (Å²) in [5, 5.41) is 9.75. The molecule has 0 aliphatic carbocycles. The van der Waals surface area contributed by atoms with Gasteiger partial charge in [-0.3, -0.25) is 4.79 Å². The Labute approximate surface area is 367 Å². The van der Waals surface area contributed by atoms with E-state index in [4.69, 9.17) is 43.5 Å². The topological polar surface area (TPSA) is 81.8 Å². The van der Waals surface area contributed by atoms with Gasteiger partial charge in [0.05, 0.1) is 13.2 Å². The number of hydrogen-bond donors (Lipinski definition) is 2. The highest BCUT2D eigenvalue weighted by Crippen LogP contribution is 2.26. The van der Waals surface area contributed by atoms with Crippen molar-refractivity contribution in [2.75, 3.05) is 13.2 Å². The average molecular weight is 845 g/mol. The number of halogens is 2. The SMILES string of the molecule is CC(C)[C@H](N)C(=O)O.CCCCCCCCc1ccc(/C(Cl)=C/c2ccc(OCC)cc2)cc1.CCCCCCCc1ccc(/C(Cl)=C/c2ccc(OCC)cc2)cc1. The van der Waals surface area contributed by atoms with E-state index in [1.54, 1.807) is 13.8 Å². The zero-order valence-corrected chi connectivity index (χ0v) is 38.2. The van der Waals surface area contributed by atoms with Gasteiger partial charge in [0.25, 0.3) is 0 Å². The van der Waals surface area contributed by atoms with Crippen molar-refractivity contribution in [2.45, 2.75) is 131 Å². The van der Waals surface area contributed by atoms with Crippen LogP contribution in [-0.4, -0.2) is 30.3 Å². The summed E-state index contributed by atoms with van der Waals surface area (Å²) in [6.07, 6.45) is 20.9. The first-order valence-corrected chi connectivity index (χ1v) is 22.6. The molecule has 0 aliphatic heterocycles. The van der Waals surface area contributed by atoms with E-state index in [9.17, 15) is 4.79 Å². The van der Waals surface area contributed by atoms with Crippen molar-refractivity contribution in [1.29, 1.82) is 0 Å². The molecule has 3 N–H and O–H groups in total. The first-order valence-electron chi connectivity index (χ1n) is 21.9. The van der Waals surface area contributed by atoms with E-state index in [0.717, 1.165) is 56.7 Å². The lowest BCUT2D eigenvalue weighted by Gasteiger charge is -2.07. The van der Waals surface area contributed by atoms with E-state index in [1.807, 2.05) is 74.5 Å². The van der Waals surface area contributed by atoms with Crippen molar-refractivity contribution < 1.29 is 19.4 Å². The fourth-order valence-electron chi connectivity index (χ4n) is 6.10. The second-order valence-electron chi connectivity index (χ2n) is 15.2. The second-order valence-corrected chi connectivity index (χ2v) is 16.0. The van der Waals surface area contributed by atoms with E-state index >= 15 is 0 Å². The molecule has 0 aliphatic rings. The Morgan fingerprint density at radius 1 is 0.559 bits per heavy atom. The first kappa shape index (κ1) is 51.1. The zero-order chi connectivity index (χ0) is 43.3. The molecule has 0 radical (unpaired) electrons. The van der Waals surface area contributed by atoms with Gasteiger partial charge in [-0.05, 0) is 115 Å². The molecule has 0 amide bonds. The molecule has 0 saturated heterocycles. The number of carboxylic acids is 1. The number of rotatable bonds is 23. The maximum absolute atomic E-state index is 10.0. The van der Waals surface area contributed by atoms with Gasteiger partial charge in [-0.2, -0.15) is 0 Å². The van der Waals surface area contributed by atoms with Crippen molar-refractivity contribution >= 4 is 51.4 Å². The molecule has 5 nitrogen and oxygen atoms in total. The summed E-state index contributed by atoms with van der Waals surface area (Å²) in [6, 6.07) is 32.6. The molecule has 0 fully saturated rings. The summed E-state index contributed by atoms with van der Waals surface area (Å²) >= 11 is 13.0.